The molecule has 2 aromatic rings. The van der Waals surface area contributed by atoms with E-state index in [2.05, 4.69) is 12.0 Å². The highest BCUT2D eigenvalue weighted by Gasteiger charge is 2.32. The molecule has 1 saturated heterocycles. The van der Waals surface area contributed by atoms with Crippen LogP contribution in [0.2, 0.25) is 5.15 Å². The third kappa shape index (κ3) is 4.62. The van der Waals surface area contributed by atoms with Crippen molar-refractivity contribution in [2.24, 2.45) is 5.73 Å². The van der Waals surface area contributed by atoms with Crippen LogP contribution in [0.3, 0.4) is 0 Å². The van der Waals surface area contributed by atoms with Gasteiger partial charge in [0.1, 0.15) is 11.2 Å². The van der Waals surface area contributed by atoms with Gasteiger partial charge in [-0.05, 0) is 18.9 Å². The molecule has 1 fully saturated rings. The van der Waals surface area contributed by atoms with Crippen molar-refractivity contribution in [2.45, 2.75) is 39.3 Å². The molecule has 2 amide bonds. The van der Waals surface area contributed by atoms with Crippen molar-refractivity contribution < 1.29 is 9.59 Å². The van der Waals surface area contributed by atoms with Crippen molar-refractivity contribution in [3.8, 4) is 0 Å². The van der Waals surface area contributed by atoms with Gasteiger partial charge in [0.25, 0.3) is 5.91 Å². The Morgan fingerprint density at radius 1 is 1.17 bits per heavy atom. The molecule has 3 rings (SSSR count). The van der Waals surface area contributed by atoms with E-state index in [1.165, 1.54) is 0 Å². The minimum absolute atomic E-state index is 0.106. The summed E-state index contributed by atoms with van der Waals surface area (Å²) in [6, 6.07) is 9.01. The number of amides is 2. The van der Waals surface area contributed by atoms with Crippen LogP contribution < -0.4 is 5.73 Å². The van der Waals surface area contributed by atoms with Crippen LogP contribution in [-0.2, 0) is 11.3 Å². The first-order chi connectivity index (χ1) is 13.9. The SMILES string of the molecule is CCCCn1nc(C)c(C(=O)N2CCN([C@@H](C(N)=O)c3ccccc3)CC2)c1Cl. The van der Waals surface area contributed by atoms with Crippen molar-refractivity contribution in [3.63, 3.8) is 0 Å². The van der Waals surface area contributed by atoms with E-state index in [0.717, 1.165) is 18.4 Å². The average molecular weight is 418 g/mol. The zero-order valence-electron chi connectivity index (χ0n) is 17.0. The van der Waals surface area contributed by atoms with E-state index < -0.39 is 6.04 Å². The Labute approximate surface area is 176 Å². The Morgan fingerprint density at radius 2 is 1.83 bits per heavy atom. The van der Waals surface area contributed by atoms with Gasteiger partial charge in [-0.2, -0.15) is 5.10 Å². The lowest BCUT2D eigenvalue weighted by Crippen LogP contribution is -2.52. The fourth-order valence-electron chi connectivity index (χ4n) is 3.78. The van der Waals surface area contributed by atoms with Crippen molar-refractivity contribution in [3.05, 3.63) is 52.3 Å². The molecule has 0 saturated carbocycles. The second-order valence-corrected chi connectivity index (χ2v) is 7.73. The standard InChI is InChI=1S/C21H28ClN5O2/c1-3-4-10-27-19(22)17(15(2)24-27)21(29)26-13-11-25(12-14-26)18(20(23)28)16-8-6-5-7-9-16/h5-9,18H,3-4,10-14H2,1-2H3,(H2,23,28)/t18-/m1/s1. The summed E-state index contributed by atoms with van der Waals surface area (Å²) in [5, 5.41) is 4.84. The molecule has 1 atom stereocenters. The zero-order valence-corrected chi connectivity index (χ0v) is 17.7. The number of unbranched alkanes of at least 4 members (excludes halogenated alkanes) is 1. The van der Waals surface area contributed by atoms with E-state index in [1.807, 2.05) is 42.2 Å². The molecule has 8 heteroatoms. The van der Waals surface area contributed by atoms with E-state index in [-0.39, 0.29) is 11.8 Å². The maximum Gasteiger partial charge on any atom is 0.258 e. The number of carbonyl (C=O) groups is 2. The van der Waals surface area contributed by atoms with Gasteiger partial charge in [0.2, 0.25) is 5.91 Å². The van der Waals surface area contributed by atoms with E-state index >= 15 is 0 Å². The number of rotatable bonds is 7. The zero-order chi connectivity index (χ0) is 21.0. The van der Waals surface area contributed by atoms with Gasteiger partial charge >= 0.3 is 0 Å². The molecule has 1 aliphatic rings. The highest BCUT2D eigenvalue weighted by Crippen LogP contribution is 2.25. The summed E-state index contributed by atoms with van der Waals surface area (Å²) in [5.74, 6) is -0.489. The number of piperazine rings is 1. The summed E-state index contributed by atoms with van der Waals surface area (Å²) < 4.78 is 1.71. The van der Waals surface area contributed by atoms with Gasteiger partial charge in [-0.3, -0.25) is 19.2 Å². The van der Waals surface area contributed by atoms with Crippen molar-refractivity contribution >= 4 is 23.4 Å². The van der Waals surface area contributed by atoms with Crippen LogP contribution in [0.15, 0.2) is 30.3 Å². The Morgan fingerprint density at radius 3 is 2.41 bits per heavy atom. The third-order valence-corrected chi connectivity index (χ3v) is 5.74. The summed E-state index contributed by atoms with van der Waals surface area (Å²) in [5.41, 5.74) is 7.68. The molecule has 0 bridgehead atoms. The topological polar surface area (TPSA) is 84.5 Å². The number of aromatic nitrogens is 2. The van der Waals surface area contributed by atoms with Crippen LogP contribution in [0.4, 0.5) is 0 Å². The van der Waals surface area contributed by atoms with Gasteiger partial charge in [0.15, 0.2) is 0 Å². The maximum absolute atomic E-state index is 13.1. The van der Waals surface area contributed by atoms with Crippen LogP contribution in [0, 0.1) is 6.92 Å². The Balaban J connectivity index is 1.70. The van der Waals surface area contributed by atoms with Crippen LogP contribution in [-0.4, -0.2) is 57.6 Å². The largest absolute Gasteiger partial charge is 0.368 e. The first-order valence-electron chi connectivity index (χ1n) is 10.0. The Hall–Kier alpha value is -2.38. The number of primary amides is 1. The van der Waals surface area contributed by atoms with E-state index in [1.54, 1.807) is 9.58 Å². The molecule has 1 aromatic heterocycles. The maximum atomic E-state index is 13.1. The van der Waals surface area contributed by atoms with Crippen LogP contribution in [0.5, 0.6) is 0 Å². The van der Waals surface area contributed by atoms with Gasteiger partial charge in [-0.25, -0.2) is 0 Å². The van der Waals surface area contributed by atoms with Gasteiger partial charge < -0.3 is 10.6 Å². The molecule has 0 aliphatic carbocycles. The number of nitrogens with two attached hydrogens (primary N) is 1. The van der Waals surface area contributed by atoms with E-state index in [4.69, 9.17) is 17.3 Å². The number of halogens is 1. The van der Waals surface area contributed by atoms with Crippen molar-refractivity contribution in [1.29, 1.82) is 0 Å². The van der Waals surface area contributed by atoms with E-state index in [0.29, 0.717) is 49.1 Å². The van der Waals surface area contributed by atoms with E-state index in [9.17, 15) is 9.59 Å². The number of hydrogen-bond donors (Lipinski definition) is 1. The fraction of sp³-hybridized carbons (Fsp3) is 0.476. The summed E-state index contributed by atoms with van der Waals surface area (Å²) in [6.45, 7) is 6.76. The first kappa shape index (κ1) is 21.3. The summed E-state index contributed by atoms with van der Waals surface area (Å²) in [4.78, 5) is 29.0. The molecular weight excluding hydrogens is 390 g/mol. The van der Waals surface area contributed by atoms with Crippen molar-refractivity contribution in [2.75, 3.05) is 26.2 Å². The average Bonchev–Trinajstić information content (AvgIpc) is 3.00. The minimum atomic E-state index is -0.490. The molecule has 0 spiro atoms. The number of carbonyl (C=O) groups excluding carboxylic acids is 2. The lowest BCUT2D eigenvalue weighted by atomic mass is 10.0. The predicted molar refractivity (Wildman–Crippen MR) is 113 cm³/mol. The molecule has 0 radical (unpaired) electrons. The number of nitrogens with zero attached hydrogens (tertiary/aromatic N) is 4. The van der Waals surface area contributed by atoms with Gasteiger partial charge in [0, 0.05) is 32.7 Å². The van der Waals surface area contributed by atoms with Crippen LogP contribution in [0.1, 0.15) is 47.4 Å². The Bertz CT molecular complexity index is 859. The summed E-state index contributed by atoms with van der Waals surface area (Å²) in [6.07, 6.45) is 1.99. The lowest BCUT2D eigenvalue weighted by molar-refractivity contribution is -0.124. The molecular formula is C21H28ClN5O2. The molecule has 0 unspecified atom stereocenters. The van der Waals surface area contributed by atoms with Crippen molar-refractivity contribution in [1.82, 2.24) is 19.6 Å². The number of hydrogen-bond acceptors (Lipinski definition) is 4. The summed E-state index contributed by atoms with van der Waals surface area (Å²) >= 11 is 6.46. The van der Waals surface area contributed by atoms with Gasteiger partial charge in [-0.15, -0.1) is 0 Å². The fourth-order valence-corrected chi connectivity index (χ4v) is 4.12. The molecule has 156 valence electrons. The molecule has 7 nitrogen and oxygen atoms in total. The smallest absolute Gasteiger partial charge is 0.258 e. The van der Waals surface area contributed by atoms with Gasteiger partial charge in [-0.1, -0.05) is 55.3 Å². The first-order valence-corrected chi connectivity index (χ1v) is 10.4. The molecule has 1 aliphatic heterocycles. The monoisotopic (exact) mass is 417 g/mol. The highest BCUT2D eigenvalue weighted by atomic mass is 35.5. The highest BCUT2D eigenvalue weighted by molar-refractivity contribution is 6.33. The molecule has 1 aromatic carbocycles. The van der Waals surface area contributed by atoms with Gasteiger partial charge in [0.05, 0.1) is 11.3 Å². The quantitative estimate of drug-likeness (QED) is 0.750. The second kappa shape index (κ2) is 9.41. The second-order valence-electron chi connectivity index (χ2n) is 7.37. The third-order valence-electron chi connectivity index (χ3n) is 5.35. The summed E-state index contributed by atoms with van der Waals surface area (Å²) in [7, 11) is 0. The molecule has 2 heterocycles. The normalized spacial score (nSPS) is 16.0. The lowest BCUT2D eigenvalue weighted by Gasteiger charge is -2.38. The van der Waals surface area contributed by atoms with Crippen LogP contribution >= 0.6 is 11.6 Å². The predicted octanol–water partition coefficient (Wildman–Crippen LogP) is 2.63. The number of aryl methyl sites for hydroxylation is 2. The molecule has 29 heavy (non-hydrogen) atoms. The Kier molecular flexibility index (Phi) is 6.92. The van der Waals surface area contributed by atoms with Crippen LogP contribution in [0.25, 0.3) is 0 Å². The molecule has 2 N–H and O–H groups in total. The number of benzene rings is 1. The minimum Gasteiger partial charge on any atom is -0.368 e.